The van der Waals surface area contributed by atoms with Gasteiger partial charge < -0.3 is 24.3 Å². The van der Waals surface area contributed by atoms with Crippen LogP contribution in [0, 0.1) is 0 Å². The fourth-order valence-corrected chi connectivity index (χ4v) is 2.57. The van der Waals surface area contributed by atoms with Crippen LogP contribution in [0.4, 0.5) is 18.9 Å². The SMILES string of the molecule is CCOC(=O)c1cc(NC(=O)COC(=O)c2ccc(OC(F)(F)F)cc2)cc(C(=O)OCC)c1. The average Bonchev–Trinajstić information content (AvgIpc) is 2.77. The van der Waals surface area contributed by atoms with Crippen molar-refractivity contribution >= 4 is 29.5 Å². The zero-order valence-electron chi connectivity index (χ0n) is 18.1. The van der Waals surface area contributed by atoms with Crippen LogP contribution in [-0.4, -0.2) is 50.0 Å². The van der Waals surface area contributed by atoms with Gasteiger partial charge in [-0.3, -0.25) is 4.79 Å². The molecule has 0 atom stereocenters. The second kappa shape index (κ2) is 11.7. The minimum atomic E-state index is -4.88. The topological polar surface area (TPSA) is 117 Å². The predicted octanol–water partition coefficient (Wildman–Crippen LogP) is 3.73. The third-order valence-electron chi connectivity index (χ3n) is 3.90. The molecule has 0 unspecified atom stereocenters. The first-order chi connectivity index (χ1) is 16.0. The first-order valence-electron chi connectivity index (χ1n) is 9.84. The number of ether oxygens (including phenoxy) is 4. The molecule has 2 aromatic carbocycles. The van der Waals surface area contributed by atoms with E-state index in [1.165, 1.54) is 18.2 Å². The largest absolute Gasteiger partial charge is 0.573 e. The van der Waals surface area contributed by atoms with Crippen LogP contribution in [0.2, 0.25) is 0 Å². The molecule has 0 aliphatic heterocycles. The van der Waals surface area contributed by atoms with Gasteiger partial charge >= 0.3 is 24.3 Å². The zero-order chi connectivity index (χ0) is 25.3. The standard InChI is InChI=1S/C22H20F3NO8/c1-3-31-20(29)14-9-15(21(30)32-4-2)11-16(10-14)26-18(27)12-33-19(28)13-5-7-17(8-6-13)34-22(23,24)25/h5-11H,3-4,12H2,1-2H3,(H,26,27). The molecule has 0 aliphatic rings. The second-order valence-electron chi connectivity index (χ2n) is 6.44. The summed E-state index contributed by atoms with van der Waals surface area (Å²) in [7, 11) is 0. The number of anilines is 1. The number of halogens is 3. The Morgan fingerprint density at radius 1 is 0.765 bits per heavy atom. The molecule has 1 N–H and O–H groups in total. The Bertz CT molecular complexity index is 1010. The summed E-state index contributed by atoms with van der Waals surface area (Å²) in [5, 5.41) is 2.38. The Kier molecular flexibility index (Phi) is 8.99. The van der Waals surface area contributed by atoms with Crippen LogP contribution in [-0.2, 0) is 19.0 Å². The molecule has 0 radical (unpaired) electrons. The van der Waals surface area contributed by atoms with Crippen LogP contribution < -0.4 is 10.1 Å². The highest BCUT2D eigenvalue weighted by Gasteiger charge is 2.31. The molecular weight excluding hydrogens is 463 g/mol. The number of hydrogen-bond acceptors (Lipinski definition) is 8. The van der Waals surface area contributed by atoms with E-state index in [1.54, 1.807) is 13.8 Å². The first kappa shape index (κ1) is 26.2. The van der Waals surface area contributed by atoms with Crippen molar-refractivity contribution in [2.45, 2.75) is 20.2 Å². The highest BCUT2D eigenvalue weighted by Crippen LogP contribution is 2.23. The molecule has 9 nitrogen and oxygen atoms in total. The van der Waals surface area contributed by atoms with Crippen molar-refractivity contribution < 1.29 is 51.3 Å². The quantitative estimate of drug-likeness (QED) is 0.424. The maximum Gasteiger partial charge on any atom is 0.573 e. The van der Waals surface area contributed by atoms with Gasteiger partial charge in [-0.2, -0.15) is 0 Å². The van der Waals surface area contributed by atoms with Crippen molar-refractivity contribution in [2.24, 2.45) is 0 Å². The van der Waals surface area contributed by atoms with Gasteiger partial charge in [0.05, 0.1) is 29.9 Å². The number of alkyl halides is 3. The lowest BCUT2D eigenvalue weighted by atomic mass is 10.1. The van der Waals surface area contributed by atoms with Crippen molar-refractivity contribution in [3.63, 3.8) is 0 Å². The van der Waals surface area contributed by atoms with E-state index in [9.17, 15) is 32.3 Å². The predicted molar refractivity (Wildman–Crippen MR) is 110 cm³/mol. The molecule has 0 saturated carbocycles. The third-order valence-corrected chi connectivity index (χ3v) is 3.90. The normalized spacial score (nSPS) is 10.7. The number of amides is 1. The molecule has 0 heterocycles. The number of benzene rings is 2. The molecule has 2 aromatic rings. The second-order valence-corrected chi connectivity index (χ2v) is 6.44. The van der Waals surface area contributed by atoms with E-state index in [-0.39, 0.29) is 35.6 Å². The highest BCUT2D eigenvalue weighted by molar-refractivity contribution is 6.00. The van der Waals surface area contributed by atoms with Crippen LogP contribution in [0.1, 0.15) is 44.9 Å². The van der Waals surface area contributed by atoms with Crippen molar-refractivity contribution in [2.75, 3.05) is 25.1 Å². The summed E-state index contributed by atoms with van der Waals surface area (Å²) in [6, 6.07) is 7.69. The monoisotopic (exact) mass is 483 g/mol. The minimum Gasteiger partial charge on any atom is -0.462 e. The van der Waals surface area contributed by atoms with Crippen molar-refractivity contribution in [1.29, 1.82) is 0 Å². The maximum atomic E-state index is 12.2. The van der Waals surface area contributed by atoms with E-state index in [0.29, 0.717) is 0 Å². The lowest BCUT2D eigenvalue weighted by molar-refractivity contribution is -0.274. The summed E-state index contributed by atoms with van der Waals surface area (Å²) in [5.41, 5.74) is -0.0961. The van der Waals surface area contributed by atoms with Crippen LogP contribution in [0.15, 0.2) is 42.5 Å². The van der Waals surface area contributed by atoms with E-state index in [4.69, 9.17) is 14.2 Å². The number of carbonyl (C=O) groups is 4. The van der Waals surface area contributed by atoms with Crippen LogP contribution in [0.3, 0.4) is 0 Å². The molecule has 0 aromatic heterocycles. The van der Waals surface area contributed by atoms with E-state index in [2.05, 4.69) is 10.1 Å². The summed E-state index contributed by atoms with van der Waals surface area (Å²) in [6.07, 6.45) is -4.88. The van der Waals surface area contributed by atoms with Crippen molar-refractivity contribution in [3.05, 3.63) is 59.2 Å². The van der Waals surface area contributed by atoms with Gasteiger partial charge in [0.25, 0.3) is 5.91 Å². The Morgan fingerprint density at radius 3 is 1.74 bits per heavy atom. The Morgan fingerprint density at radius 2 is 1.26 bits per heavy atom. The van der Waals surface area contributed by atoms with Gasteiger partial charge in [0.2, 0.25) is 0 Å². The lowest BCUT2D eigenvalue weighted by Gasteiger charge is -2.11. The van der Waals surface area contributed by atoms with Gasteiger partial charge in [-0.15, -0.1) is 13.2 Å². The van der Waals surface area contributed by atoms with Crippen LogP contribution in [0.25, 0.3) is 0 Å². The molecule has 0 fully saturated rings. The van der Waals surface area contributed by atoms with E-state index in [0.717, 1.165) is 24.3 Å². The Hall–Kier alpha value is -4.09. The highest BCUT2D eigenvalue weighted by atomic mass is 19.4. The average molecular weight is 483 g/mol. The molecule has 34 heavy (non-hydrogen) atoms. The summed E-state index contributed by atoms with van der Waals surface area (Å²) < 4.78 is 54.9. The van der Waals surface area contributed by atoms with Crippen molar-refractivity contribution in [3.8, 4) is 5.75 Å². The molecule has 0 saturated heterocycles. The van der Waals surface area contributed by atoms with Gasteiger partial charge in [0.1, 0.15) is 5.75 Å². The summed E-state index contributed by atoms with van der Waals surface area (Å²) in [5.74, 6) is -3.76. The van der Waals surface area contributed by atoms with E-state index < -0.39 is 42.5 Å². The minimum absolute atomic E-state index is 0.0131. The van der Waals surface area contributed by atoms with Gasteiger partial charge in [-0.25, -0.2) is 14.4 Å². The Balaban J connectivity index is 2.05. The molecule has 2 rings (SSSR count). The Labute approximate surface area is 191 Å². The molecule has 0 spiro atoms. The number of rotatable bonds is 9. The summed E-state index contributed by atoms with van der Waals surface area (Å²) in [4.78, 5) is 48.4. The van der Waals surface area contributed by atoms with Gasteiger partial charge in [0.15, 0.2) is 6.61 Å². The molecular formula is C22H20F3NO8. The molecule has 0 bridgehead atoms. The number of hydrogen-bond donors (Lipinski definition) is 1. The number of carbonyl (C=O) groups excluding carboxylic acids is 4. The smallest absolute Gasteiger partial charge is 0.462 e. The van der Waals surface area contributed by atoms with Gasteiger partial charge in [-0.05, 0) is 56.3 Å². The van der Waals surface area contributed by atoms with Crippen LogP contribution >= 0.6 is 0 Å². The van der Waals surface area contributed by atoms with Gasteiger partial charge in [-0.1, -0.05) is 0 Å². The fraction of sp³-hybridized carbons (Fsp3) is 0.273. The third kappa shape index (κ3) is 8.11. The van der Waals surface area contributed by atoms with Gasteiger partial charge in [0, 0.05) is 5.69 Å². The fourth-order valence-electron chi connectivity index (χ4n) is 2.57. The maximum absolute atomic E-state index is 12.2. The summed E-state index contributed by atoms with van der Waals surface area (Å²) >= 11 is 0. The lowest BCUT2D eigenvalue weighted by Crippen LogP contribution is -2.21. The van der Waals surface area contributed by atoms with Crippen molar-refractivity contribution in [1.82, 2.24) is 0 Å². The van der Waals surface area contributed by atoms with E-state index >= 15 is 0 Å². The first-order valence-corrected chi connectivity index (χ1v) is 9.84. The number of esters is 3. The molecule has 182 valence electrons. The van der Waals surface area contributed by atoms with Crippen LogP contribution in [0.5, 0.6) is 5.75 Å². The number of nitrogens with one attached hydrogen (secondary N) is 1. The summed E-state index contributed by atoms with van der Waals surface area (Å²) in [6.45, 7) is 2.62. The molecule has 1 amide bonds. The zero-order valence-corrected chi connectivity index (χ0v) is 18.1. The van der Waals surface area contributed by atoms with E-state index in [1.807, 2.05) is 0 Å². The molecule has 0 aliphatic carbocycles. The molecule has 12 heteroatoms.